The van der Waals surface area contributed by atoms with E-state index in [9.17, 15) is 9.18 Å². The van der Waals surface area contributed by atoms with Crippen molar-refractivity contribution in [3.8, 4) is 11.1 Å². The molecule has 0 saturated carbocycles. The Labute approximate surface area is 168 Å². The molecule has 2 aromatic heterocycles. The molecule has 28 heavy (non-hydrogen) atoms. The van der Waals surface area contributed by atoms with Crippen LogP contribution in [0.4, 0.5) is 4.39 Å². The number of primary amides is 1. The Kier molecular flexibility index (Phi) is 4.53. The van der Waals surface area contributed by atoms with Crippen LogP contribution in [0.2, 0.25) is 0 Å². The maximum absolute atomic E-state index is 14.0. The summed E-state index contributed by atoms with van der Waals surface area (Å²) in [7, 11) is 0. The van der Waals surface area contributed by atoms with Crippen LogP contribution in [0.3, 0.4) is 0 Å². The highest BCUT2D eigenvalue weighted by atomic mass is 32.1. The average Bonchev–Trinajstić information content (AvgIpc) is 2.96. The van der Waals surface area contributed by atoms with Gasteiger partial charge in [0.2, 0.25) is 0 Å². The zero-order valence-corrected chi connectivity index (χ0v) is 17.5. The van der Waals surface area contributed by atoms with Gasteiger partial charge in [0.15, 0.2) is 0 Å². The number of amides is 1. The van der Waals surface area contributed by atoms with Gasteiger partial charge in [0.25, 0.3) is 5.91 Å². The molecular formula is C23H25FN2OS. The van der Waals surface area contributed by atoms with Crippen LogP contribution in [0, 0.1) is 24.1 Å². The van der Waals surface area contributed by atoms with Gasteiger partial charge >= 0.3 is 0 Å². The second kappa shape index (κ2) is 6.66. The minimum atomic E-state index is -0.519. The van der Waals surface area contributed by atoms with Gasteiger partial charge in [-0.05, 0) is 60.8 Å². The number of carbonyl (C=O) groups is 1. The van der Waals surface area contributed by atoms with Gasteiger partial charge < -0.3 is 5.73 Å². The van der Waals surface area contributed by atoms with Gasteiger partial charge in [0.05, 0.1) is 11.3 Å². The number of aromatic nitrogens is 1. The van der Waals surface area contributed by atoms with Crippen molar-refractivity contribution in [2.24, 2.45) is 17.1 Å². The SMILES string of the molecule is Cc1nc2sc3c(c2c(-c2cccc(F)c2)c1C(N)=O)CC[C@@H](C(C)(C)C)C3. The zero-order chi connectivity index (χ0) is 20.2. The van der Waals surface area contributed by atoms with Crippen LogP contribution < -0.4 is 5.73 Å². The van der Waals surface area contributed by atoms with Crippen molar-refractivity contribution < 1.29 is 9.18 Å². The fourth-order valence-corrected chi connectivity index (χ4v) is 5.75. The summed E-state index contributed by atoms with van der Waals surface area (Å²) in [6.45, 7) is 8.68. The van der Waals surface area contributed by atoms with E-state index in [1.54, 1.807) is 24.3 Å². The van der Waals surface area contributed by atoms with Gasteiger partial charge in [-0.2, -0.15) is 0 Å². The topological polar surface area (TPSA) is 56.0 Å². The molecule has 0 aliphatic heterocycles. The summed E-state index contributed by atoms with van der Waals surface area (Å²) in [5.41, 5.74) is 9.67. The first kappa shape index (κ1) is 19.1. The normalized spacial score (nSPS) is 17.0. The summed E-state index contributed by atoms with van der Waals surface area (Å²) in [5, 5.41) is 0.984. The number of rotatable bonds is 2. The van der Waals surface area contributed by atoms with Crippen LogP contribution in [0.5, 0.6) is 0 Å². The number of carbonyl (C=O) groups excluding carboxylic acids is 1. The van der Waals surface area contributed by atoms with Gasteiger partial charge in [0.1, 0.15) is 10.6 Å². The second-order valence-electron chi connectivity index (χ2n) is 8.81. The molecule has 4 rings (SSSR count). The number of pyridine rings is 1. The summed E-state index contributed by atoms with van der Waals surface area (Å²) in [6, 6.07) is 6.40. The molecule has 146 valence electrons. The minimum Gasteiger partial charge on any atom is -0.366 e. The molecule has 0 radical (unpaired) electrons. The predicted octanol–water partition coefficient (Wildman–Crippen LogP) is 5.66. The summed E-state index contributed by atoms with van der Waals surface area (Å²) in [4.78, 5) is 19.3. The molecule has 1 aliphatic rings. The highest BCUT2D eigenvalue weighted by molar-refractivity contribution is 7.19. The molecule has 1 aromatic carbocycles. The lowest BCUT2D eigenvalue weighted by Gasteiger charge is -2.33. The Morgan fingerprint density at radius 1 is 1.32 bits per heavy atom. The van der Waals surface area contributed by atoms with E-state index in [0.29, 0.717) is 22.7 Å². The van der Waals surface area contributed by atoms with Crippen molar-refractivity contribution in [1.82, 2.24) is 4.98 Å². The highest BCUT2D eigenvalue weighted by Gasteiger charge is 2.32. The van der Waals surface area contributed by atoms with E-state index in [-0.39, 0.29) is 11.2 Å². The lowest BCUT2D eigenvalue weighted by molar-refractivity contribution is 0.1000. The van der Waals surface area contributed by atoms with Crippen molar-refractivity contribution >= 4 is 27.5 Å². The van der Waals surface area contributed by atoms with Crippen molar-refractivity contribution in [2.45, 2.75) is 47.0 Å². The molecule has 2 N–H and O–H groups in total. The average molecular weight is 397 g/mol. The van der Waals surface area contributed by atoms with Crippen LogP contribution in [-0.4, -0.2) is 10.9 Å². The van der Waals surface area contributed by atoms with Crippen LogP contribution in [-0.2, 0) is 12.8 Å². The molecular weight excluding hydrogens is 371 g/mol. The summed E-state index contributed by atoms with van der Waals surface area (Å²) in [6.07, 6.45) is 3.07. The first-order valence-electron chi connectivity index (χ1n) is 9.67. The van der Waals surface area contributed by atoms with Crippen LogP contribution in [0.1, 0.15) is 53.7 Å². The molecule has 5 heteroatoms. The smallest absolute Gasteiger partial charge is 0.251 e. The lowest BCUT2D eigenvalue weighted by atomic mass is 9.72. The number of nitrogens with two attached hydrogens (primary N) is 1. The van der Waals surface area contributed by atoms with E-state index in [1.165, 1.54) is 22.6 Å². The number of hydrogen-bond acceptors (Lipinski definition) is 3. The third kappa shape index (κ3) is 3.12. The number of halogens is 1. The quantitative estimate of drug-likeness (QED) is 0.607. The van der Waals surface area contributed by atoms with Crippen molar-refractivity contribution in [3.05, 3.63) is 51.8 Å². The van der Waals surface area contributed by atoms with Crippen LogP contribution >= 0.6 is 11.3 Å². The number of fused-ring (bicyclic) bond motifs is 3. The predicted molar refractivity (Wildman–Crippen MR) is 113 cm³/mol. The Morgan fingerprint density at radius 3 is 2.71 bits per heavy atom. The van der Waals surface area contributed by atoms with Crippen LogP contribution in [0.15, 0.2) is 24.3 Å². The van der Waals surface area contributed by atoms with Gasteiger partial charge in [-0.3, -0.25) is 4.79 Å². The van der Waals surface area contributed by atoms with Crippen molar-refractivity contribution in [3.63, 3.8) is 0 Å². The van der Waals surface area contributed by atoms with Crippen molar-refractivity contribution in [1.29, 1.82) is 0 Å². The Balaban J connectivity index is 2.02. The van der Waals surface area contributed by atoms with E-state index < -0.39 is 5.91 Å². The summed E-state index contributed by atoms with van der Waals surface area (Å²) >= 11 is 1.71. The molecule has 0 fully saturated rings. The van der Waals surface area contributed by atoms with Gasteiger partial charge in [-0.15, -0.1) is 11.3 Å². The largest absolute Gasteiger partial charge is 0.366 e. The molecule has 3 nitrogen and oxygen atoms in total. The maximum Gasteiger partial charge on any atom is 0.251 e. The Bertz CT molecular complexity index is 1090. The maximum atomic E-state index is 14.0. The number of aryl methyl sites for hydroxylation is 2. The summed E-state index contributed by atoms with van der Waals surface area (Å²) in [5.74, 6) is -0.232. The third-order valence-corrected chi connectivity index (χ3v) is 7.11. The van der Waals surface area contributed by atoms with Crippen molar-refractivity contribution in [2.75, 3.05) is 0 Å². The van der Waals surface area contributed by atoms with Gasteiger partial charge in [-0.1, -0.05) is 32.9 Å². The molecule has 0 saturated heterocycles. The molecule has 1 amide bonds. The Hall–Kier alpha value is -2.27. The minimum absolute atomic E-state index is 0.251. The number of nitrogens with zero attached hydrogens (tertiary/aromatic N) is 1. The first-order valence-corrected chi connectivity index (χ1v) is 10.5. The van der Waals surface area contributed by atoms with E-state index >= 15 is 0 Å². The molecule has 1 aliphatic carbocycles. The van der Waals surface area contributed by atoms with Gasteiger partial charge in [-0.25, -0.2) is 9.37 Å². The number of benzene rings is 1. The fraction of sp³-hybridized carbons (Fsp3) is 0.391. The number of hydrogen-bond donors (Lipinski definition) is 1. The lowest BCUT2D eigenvalue weighted by Crippen LogP contribution is -2.26. The fourth-order valence-electron chi connectivity index (χ4n) is 4.40. The molecule has 3 aromatic rings. The van der Waals surface area contributed by atoms with E-state index in [0.717, 1.165) is 35.0 Å². The van der Waals surface area contributed by atoms with Gasteiger partial charge in [0, 0.05) is 15.8 Å². The standard InChI is InChI=1S/C23H25FN2OS/c1-12-18(21(25)27)19(13-6-5-7-15(24)10-13)20-16-9-8-14(23(2,3)4)11-17(16)28-22(20)26-12/h5-7,10,14H,8-9,11H2,1-4H3,(H2,25,27)/t14-/m1/s1. The highest BCUT2D eigenvalue weighted by Crippen LogP contribution is 2.46. The van der Waals surface area contributed by atoms with Crippen LogP contribution in [0.25, 0.3) is 21.3 Å². The van der Waals surface area contributed by atoms with E-state index in [2.05, 4.69) is 20.8 Å². The molecule has 1 atom stereocenters. The van der Waals surface area contributed by atoms with E-state index in [1.807, 2.05) is 6.07 Å². The first-order chi connectivity index (χ1) is 13.2. The molecule has 2 heterocycles. The third-order valence-electron chi connectivity index (χ3n) is 5.96. The summed E-state index contributed by atoms with van der Waals surface area (Å²) < 4.78 is 14.0. The van der Waals surface area contributed by atoms with E-state index in [4.69, 9.17) is 10.7 Å². The molecule has 0 unspecified atom stereocenters. The second-order valence-corrected chi connectivity index (χ2v) is 9.90. The molecule has 0 bridgehead atoms. The monoisotopic (exact) mass is 396 g/mol. The zero-order valence-electron chi connectivity index (χ0n) is 16.7. The molecule has 0 spiro atoms. The Morgan fingerprint density at radius 2 is 2.07 bits per heavy atom. The number of thiophene rings is 1.